The highest BCUT2D eigenvalue weighted by Gasteiger charge is 2.08. The Bertz CT molecular complexity index is 531. The first kappa shape index (κ1) is 11.4. The standard InChI is InChI=1S/C13H15N3O/c1-16-7-3-6-12(16)13(17)15-11-5-2-4-10(8-11)9-14/h2-8H,9,14H2,1H3,(H,15,17). The van der Waals surface area contributed by atoms with Crippen molar-refractivity contribution in [3.8, 4) is 0 Å². The summed E-state index contributed by atoms with van der Waals surface area (Å²) in [4.78, 5) is 11.9. The van der Waals surface area contributed by atoms with Crippen LogP contribution in [0, 0.1) is 0 Å². The van der Waals surface area contributed by atoms with Crippen LogP contribution in [0.1, 0.15) is 16.1 Å². The minimum atomic E-state index is -0.119. The first-order valence-corrected chi connectivity index (χ1v) is 5.42. The number of rotatable bonds is 3. The summed E-state index contributed by atoms with van der Waals surface area (Å²) in [6.07, 6.45) is 1.84. The van der Waals surface area contributed by atoms with Crippen LogP contribution in [0.5, 0.6) is 0 Å². The molecule has 17 heavy (non-hydrogen) atoms. The first-order valence-electron chi connectivity index (χ1n) is 5.42. The van der Waals surface area contributed by atoms with Gasteiger partial charge in [-0.25, -0.2) is 0 Å². The van der Waals surface area contributed by atoms with Crippen molar-refractivity contribution in [3.63, 3.8) is 0 Å². The lowest BCUT2D eigenvalue weighted by molar-refractivity contribution is 0.101. The van der Waals surface area contributed by atoms with Gasteiger partial charge in [0, 0.05) is 25.5 Å². The molecule has 0 saturated carbocycles. The predicted molar refractivity (Wildman–Crippen MR) is 67.7 cm³/mol. The van der Waals surface area contributed by atoms with Gasteiger partial charge in [0.2, 0.25) is 0 Å². The van der Waals surface area contributed by atoms with E-state index in [1.807, 2.05) is 43.6 Å². The van der Waals surface area contributed by atoms with Crippen LogP contribution < -0.4 is 11.1 Å². The van der Waals surface area contributed by atoms with Crippen molar-refractivity contribution in [2.24, 2.45) is 12.8 Å². The Hall–Kier alpha value is -2.07. The molecular weight excluding hydrogens is 214 g/mol. The van der Waals surface area contributed by atoms with E-state index in [0.717, 1.165) is 11.3 Å². The van der Waals surface area contributed by atoms with Gasteiger partial charge in [0.1, 0.15) is 5.69 Å². The molecule has 88 valence electrons. The molecule has 0 atom stereocenters. The van der Waals surface area contributed by atoms with Crippen molar-refractivity contribution >= 4 is 11.6 Å². The minimum absolute atomic E-state index is 0.119. The third-order valence-electron chi connectivity index (χ3n) is 2.60. The molecule has 0 aliphatic heterocycles. The Morgan fingerprint density at radius 3 is 2.82 bits per heavy atom. The number of hydrogen-bond acceptors (Lipinski definition) is 2. The predicted octanol–water partition coefficient (Wildman–Crippen LogP) is 1.74. The van der Waals surface area contributed by atoms with Gasteiger partial charge < -0.3 is 15.6 Å². The van der Waals surface area contributed by atoms with E-state index < -0.39 is 0 Å². The summed E-state index contributed by atoms with van der Waals surface area (Å²) in [5.41, 5.74) is 7.94. The topological polar surface area (TPSA) is 60.0 Å². The molecule has 0 unspecified atom stereocenters. The number of benzene rings is 1. The summed E-state index contributed by atoms with van der Waals surface area (Å²) in [6.45, 7) is 0.466. The number of aryl methyl sites for hydroxylation is 1. The van der Waals surface area contributed by atoms with Gasteiger partial charge in [0.05, 0.1) is 0 Å². The molecule has 0 aliphatic rings. The van der Waals surface area contributed by atoms with Crippen LogP contribution >= 0.6 is 0 Å². The fourth-order valence-corrected chi connectivity index (χ4v) is 1.67. The van der Waals surface area contributed by atoms with Gasteiger partial charge in [0.15, 0.2) is 0 Å². The summed E-state index contributed by atoms with van der Waals surface area (Å²) in [7, 11) is 1.84. The van der Waals surface area contributed by atoms with E-state index in [0.29, 0.717) is 12.2 Å². The molecule has 0 radical (unpaired) electrons. The molecule has 0 aliphatic carbocycles. The molecule has 1 amide bonds. The van der Waals surface area contributed by atoms with Gasteiger partial charge >= 0.3 is 0 Å². The third-order valence-corrected chi connectivity index (χ3v) is 2.60. The van der Waals surface area contributed by atoms with E-state index in [-0.39, 0.29) is 5.91 Å². The Kier molecular flexibility index (Phi) is 3.25. The summed E-state index contributed by atoms with van der Waals surface area (Å²) >= 11 is 0. The van der Waals surface area contributed by atoms with E-state index in [9.17, 15) is 4.79 Å². The maximum atomic E-state index is 11.9. The lowest BCUT2D eigenvalue weighted by Gasteiger charge is -2.07. The minimum Gasteiger partial charge on any atom is -0.347 e. The Morgan fingerprint density at radius 1 is 1.35 bits per heavy atom. The quantitative estimate of drug-likeness (QED) is 0.842. The average molecular weight is 229 g/mol. The van der Waals surface area contributed by atoms with Crippen LogP contribution in [0.25, 0.3) is 0 Å². The van der Waals surface area contributed by atoms with Crippen molar-refractivity contribution in [3.05, 3.63) is 53.9 Å². The number of aromatic nitrogens is 1. The van der Waals surface area contributed by atoms with Crippen LogP contribution in [-0.4, -0.2) is 10.5 Å². The molecule has 0 saturated heterocycles. The second-order valence-corrected chi connectivity index (χ2v) is 3.86. The molecule has 2 rings (SSSR count). The number of carbonyl (C=O) groups is 1. The zero-order valence-electron chi connectivity index (χ0n) is 9.68. The number of anilines is 1. The summed E-state index contributed by atoms with van der Waals surface area (Å²) in [5.74, 6) is -0.119. The molecule has 0 bridgehead atoms. The van der Waals surface area contributed by atoms with Crippen molar-refractivity contribution in [1.29, 1.82) is 0 Å². The molecule has 4 nitrogen and oxygen atoms in total. The molecule has 3 N–H and O–H groups in total. The summed E-state index contributed by atoms with van der Waals surface area (Å²) in [5, 5.41) is 2.84. The van der Waals surface area contributed by atoms with Crippen molar-refractivity contribution < 1.29 is 4.79 Å². The molecule has 0 spiro atoms. The second-order valence-electron chi connectivity index (χ2n) is 3.86. The number of hydrogen-bond donors (Lipinski definition) is 2. The van der Waals surface area contributed by atoms with Crippen LogP contribution in [0.2, 0.25) is 0 Å². The highest BCUT2D eigenvalue weighted by atomic mass is 16.1. The van der Waals surface area contributed by atoms with Crippen LogP contribution in [0.3, 0.4) is 0 Å². The van der Waals surface area contributed by atoms with E-state index in [2.05, 4.69) is 5.32 Å². The van der Waals surface area contributed by atoms with Gasteiger partial charge in [-0.3, -0.25) is 4.79 Å². The van der Waals surface area contributed by atoms with Gasteiger partial charge in [-0.2, -0.15) is 0 Å². The van der Waals surface area contributed by atoms with Crippen molar-refractivity contribution in [1.82, 2.24) is 4.57 Å². The maximum Gasteiger partial charge on any atom is 0.272 e. The zero-order valence-corrected chi connectivity index (χ0v) is 9.68. The lowest BCUT2D eigenvalue weighted by Crippen LogP contribution is -2.15. The maximum absolute atomic E-state index is 11.9. The highest BCUT2D eigenvalue weighted by molar-refractivity contribution is 6.03. The molecule has 1 aromatic heterocycles. The lowest BCUT2D eigenvalue weighted by atomic mass is 10.2. The molecular formula is C13H15N3O. The number of nitrogens with one attached hydrogen (secondary N) is 1. The fraction of sp³-hybridized carbons (Fsp3) is 0.154. The van der Waals surface area contributed by atoms with E-state index in [1.54, 1.807) is 10.6 Å². The number of nitrogens with zero attached hydrogens (tertiary/aromatic N) is 1. The zero-order chi connectivity index (χ0) is 12.3. The van der Waals surface area contributed by atoms with Crippen LogP contribution in [-0.2, 0) is 13.6 Å². The SMILES string of the molecule is Cn1cccc1C(=O)Nc1cccc(CN)c1. The van der Waals surface area contributed by atoms with Gasteiger partial charge in [-0.05, 0) is 29.8 Å². The van der Waals surface area contributed by atoms with Crippen LogP contribution in [0.15, 0.2) is 42.6 Å². The number of carbonyl (C=O) groups excluding carboxylic acids is 1. The van der Waals surface area contributed by atoms with Crippen molar-refractivity contribution in [2.75, 3.05) is 5.32 Å². The molecule has 0 fully saturated rings. The van der Waals surface area contributed by atoms with E-state index in [1.165, 1.54) is 0 Å². The highest BCUT2D eigenvalue weighted by Crippen LogP contribution is 2.12. The van der Waals surface area contributed by atoms with Gasteiger partial charge in [-0.15, -0.1) is 0 Å². The fourth-order valence-electron chi connectivity index (χ4n) is 1.67. The third kappa shape index (κ3) is 2.54. The first-order chi connectivity index (χ1) is 8.20. The summed E-state index contributed by atoms with van der Waals surface area (Å²) in [6, 6.07) is 11.1. The Morgan fingerprint density at radius 2 is 2.18 bits per heavy atom. The number of nitrogens with two attached hydrogens (primary N) is 1. The molecule has 2 aromatic rings. The Labute approximate surface area is 100 Å². The summed E-state index contributed by atoms with van der Waals surface area (Å²) < 4.78 is 1.78. The smallest absolute Gasteiger partial charge is 0.272 e. The van der Waals surface area contributed by atoms with E-state index in [4.69, 9.17) is 5.73 Å². The van der Waals surface area contributed by atoms with Gasteiger partial charge in [-0.1, -0.05) is 12.1 Å². The van der Waals surface area contributed by atoms with Crippen LogP contribution in [0.4, 0.5) is 5.69 Å². The normalized spacial score (nSPS) is 10.2. The Balaban J connectivity index is 2.16. The monoisotopic (exact) mass is 229 g/mol. The van der Waals surface area contributed by atoms with E-state index >= 15 is 0 Å². The molecule has 1 heterocycles. The average Bonchev–Trinajstić information content (AvgIpc) is 2.76. The number of amides is 1. The molecule has 1 aromatic carbocycles. The molecule has 4 heteroatoms. The second kappa shape index (κ2) is 4.84. The van der Waals surface area contributed by atoms with Crippen molar-refractivity contribution in [2.45, 2.75) is 6.54 Å². The van der Waals surface area contributed by atoms with Gasteiger partial charge in [0.25, 0.3) is 5.91 Å². The largest absolute Gasteiger partial charge is 0.347 e.